The van der Waals surface area contributed by atoms with Gasteiger partial charge in [-0.05, 0) is 157 Å². The van der Waals surface area contributed by atoms with Crippen molar-refractivity contribution < 1.29 is 10.2 Å². The Kier molecular flexibility index (Phi) is 7.56. The predicted octanol–water partition coefficient (Wildman–Crippen LogP) is 15.7. The van der Waals surface area contributed by atoms with Gasteiger partial charge < -0.3 is 10.2 Å². The van der Waals surface area contributed by atoms with E-state index in [1.807, 2.05) is 24.3 Å². The van der Waals surface area contributed by atoms with Crippen LogP contribution in [-0.2, 0) is 5.41 Å². The fourth-order valence-corrected chi connectivity index (χ4v) is 11.2. The molecule has 1 aliphatic carbocycles. The zero-order valence-electron chi connectivity index (χ0n) is 34.2. The zero-order valence-corrected chi connectivity index (χ0v) is 34.2. The second-order valence-corrected chi connectivity index (χ2v) is 17.1. The summed E-state index contributed by atoms with van der Waals surface area (Å²) in [5.74, 6) is 0.377. The number of phenols is 2. The summed E-state index contributed by atoms with van der Waals surface area (Å²) in [6.45, 7) is 0. The molecular weight excluding hydrogens is 765 g/mol. The van der Waals surface area contributed by atoms with Gasteiger partial charge in [-0.1, -0.05) is 182 Å². The Morgan fingerprint density at radius 2 is 0.619 bits per heavy atom. The smallest absolute Gasteiger partial charge is 0.116 e. The summed E-state index contributed by atoms with van der Waals surface area (Å²) in [5.41, 5.74) is 9.79. The highest BCUT2D eigenvalue weighted by molar-refractivity contribution is 6.13. The van der Waals surface area contributed by atoms with Crippen LogP contribution >= 0.6 is 0 Å². The van der Waals surface area contributed by atoms with Gasteiger partial charge in [-0.15, -0.1) is 0 Å². The lowest BCUT2D eigenvalue weighted by Crippen LogP contribution is -2.29. The van der Waals surface area contributed by atoms with Crippen molar-refractivity contribution in [2.75, 3.05) is 0 Å². The molecule has 0 radical (unpaired) electrons. The van der Waals surface area contributed by atoms with Gasteiger partial charge >= 0.3 is 0 Å². The maximum absolute atomic E-state index is 12.1. The van der Waals surface area contributed by atoms with Crippen molar-refractivity contribution in [1.29, 1.82) is 0 Å². The summed E-state index contributed by atoms with van der Waals surface area (Å²) in [7, 11) is 0. The molecule has 294 valence electrons. The molecule has 0 saturated carbocycles. The van der Waals surface area contributed by atoms with Crippen LogP contribution in [0.3, 0.4) is 0 Å². The van der Waals surface area contributed by atoms with Gasteiger partial charge in [0.15, 0.2) is 0 Å². The van der Waals surface area contributed by atoms with Crippen molar-refractivity contribution in [3.05, 3.63) is 241 Å². The van der Waals surface area contributed by atoms with Crippen LogP contribution in [0.2, 0.25) is 0 Å². The first-order valence-electron chi connectivity index (χ1n) is 21.6. The van der Waals surface area contributed by atoms with Crippen molar-refractivity contribution in [2.45, 2.75) is 5.41 Å². The summed E-state index contributed by atoms with van der Waals surface area (Å²) in [6, 6.07) is 77.7. The van der Waals surface area contributed by atoms with E-state index in [-0.39, 0.29) is 11.5 Å². The molecule has 12 aromatic rings. The summed E-state index contributed by atoms with van der Waals surface area (Å²) >= 11 is 0. The third-order valence-corrected chi connectivity index (χ3v) is 13.8. The Hall–Kier alpha value is -8.20. The first-order valence-corrected chi connectivity index (χ1v) is 21.6. The van der Waals surface area contributed by atoms with Gasteiger partial charge in [-0.2, -0.15) is 0 Å². The SMILES string of the molecule is Oc1cc(C2(c3cc(O)cc4c3ccc3ccccc34)c3cc(-c4cccc5ccccc45)ccc3-c3ccc(-c4cccc5ccccc45)cc32)c2ccc3ccccc3c2c1. The molecule has 2 heteroatoms. The fraction of sp³-hybridized carbons (Fsp3) is 0.0164. The van der Waals surface area contributed by atoms with E-state index in [9.17, 15) is 10.2 Å². The standard InChI is InChI=1S/C61H38O2/c62-43-33-55-47-19-7-3-13-39(47)23-27-53(55)59(35-43)61(60-36-44(63)34-56-48-20-8-4-14-40(48)24-28-54(56)60)57-31-41(49-21-9-15-37-11-1-5-17-45(37)49)25-29-51(57)52-30-26-42(32-58(52)61)50-22-10-16-38-12-2-6-18-46(38)50/h1-36,62-63H. The monoisotopic (exact) mass is 802 g/mol. The molecule has 0 amide bonds. The van der Waals surface area contributed by atoms with E-state index in [2.05, 4.69) is 194 Å². The summed E-state index contributed by atoms with van der Waals surface area (Å²) in [5, 5.41) is 37.4. The van der Waals surface area contributed by atoms with Gasteiger partial charge in [0.25, 0.3) is 0 Å². The van der Waals surface area contributed by atoms with E-state index in [1.54, 1.807) is 0 Å². The molecule has 1 aliphatic rings. The Balaban J connectivity index is 1.25. The quantitative estimate of drug-likeness (QED) is 0.174. The van der Waals surface area contributed by atoms with Crippen LogP contribution < -0.4 is 0 Å². The van der Waals surface area contributed by atoms with Crippen LogP contribution in [0.15, 0.2) is 218 Å². The highest BCUT2D eigenvalue weighted by Gasteiger charge is 2.49. The number of aromatic hydroxyl groups is 2. The average molecular weight is 803 g/mol. The molecule has 0 atom stereocenters. The van der Waals surface area contributed by atoms with Crippen LogP contribution in [0.5, 0.6) is 11.5 Å². The largest absolute Gasteiger partial charge is 0.508 e. The summed E-state index contributed by atoms with van der Waals surface area (Å²) < 4.78 is 0. The molecule has 0 aliphatic heterocycles. The molecule has 13 rings (SSSR count). The van der Waals surface area contributed by atoms with Crippen LogP contribution in [-0.4, -0.2) is 10.2 Å². The van der Waals surface area contributed by atoms with Crippen LogP contribution in [0.1, 0.15) is 22.3 Å². The molecule has 63 heavy (non-hydrogen) atoms. The highest BCUT2D eigenvalue weighted by atomic mass is 16.3. The van der Waals surface area contributed by atoms with Gasteiger partial charge in [-0.25, -0.2) is 0 Å². The minimum atomic E-state index is -1.04. The molecule has 0 unspecified atom stereocenters. The molecule has 2 N–H and O–H groups in total. The van der Waals surface area contributed by atoms with E-state index in [0.717, 1.165) is 98.7 Å². The van der Waals surface area contributed by atoms with E-state index in [1.165, 1.54) is 21.5 Å². The summed E-state index contributed by atoms with van der Waals surface area (Å²) in [4.78, 5) is 0. The fourth-order valence-electron chi connectivity index (χ4n) is 11.2. The maximum atomic E-state index is 12.1. The number of benzene rings is 12. The zero-order chi connectivity index (χ0) is 41.8. The molecule has 0 fully saturated rings. The van der Waals surface area contributed by atoms with E-state index < -0.39 is 5.41 Å². The number of rotatable bonds is 4. The average Bonchev–Trinajstić information content (AvgIpc) is 3.62. The Labute approximate surface area is 364 Å². The molecule has 0 saturated heterocycles. The molecule has 0 aromatic heterocycles. The van der Waals surface area contributed by atoms with Crippen LogP contribution in [0.4, 0.5) is 0 Å². The molecule has 2 nitrogen and oxygen atoms in total. The third-order valence-electron chi connectivity index (χ3n) is 13.8. The summed E-state index contributed by atoms with van der Waals surface area (Å²) in [6.07, 6.45) is 0. The molecule has 0 heterocycles. The highest BCUT2D eigenvalue weighted by Crippen LogP contribution is 2.61. The molecule has 12 aromatic carbocycles. The van der Waals surface area contributed by atoms with Crippen molar-refractivity contribution >= 4 is 64.6 Å². The third kappa shape index (κ3) is 5.13. The first kappa shape index (κ1) is 35.5. The van der Waals surface area contributed by atoms with E-state index in [0.29, 0.717) is 0 Å². The Bertz CT molecular complexity index is 3630. The van der Waals surface area contributed by atoms with Crippen molar-refractivity contribution in [3.63, 3.8) is 0 Å². The van der Waals surface area contributed by atoms with E-state index in [4.69, 9.17) is 0 Å². The minimum Gasteiger partial charge on any atom is -0.508 e. The molecular formula is C61H38O2. The second kappa shape index (κ2) is 13.4. The van der Waals surface area contributed by atoms with Crippen molar-refractivity contribution in [2.24, 2.45) is 0 Å². The number of fused-ring (bicyclic) bond motifs is 11. The van der Waals surface area contributed by atoms with Crippen LogP contribution in [0.25, 0.3) is 98.0 Å². The maximum Gasteiger partial charge on any atom is 0.116 e. The lowest BCUT2D eigenvalue weighted by Gasteiger charge is -2.36. The van der Waals surface area contributed by atoms with Gasteiger partial charge in [0, 0.05) is 0 Å². The van der Waals surface area contributed by atoms with Crippen LogP contribution in [0, 0.1) is 0 Å². The first-order chi connectivity index (χ1) is 31.0. The lowest BCUT2D eigenvalue weighted by atomic mass is 9.64. The Morgan fingerprint density at radius 1 is 0.238 bits per heavy atom. The van der Waals surface area contributed by atoms with Gasteiger partial charge in [0.1, 0.15) is 11.5 Å². The molecule has 0 bridgehead atoms. The minimum absolute atomic E-state index is 0.188. The van der Waals surface area contributed by atoms with Gasteiger partial charge in [-0.3, -0.25) is 0 Å². The lowest BCUT2D eigenvalue weighted by molar-refractivity contribution is 0.474. The number of phenolic OH excluding ortho intramolecular Hbond substituents is 2. The van der Waals surface area contributed by atoms with Crippen molar-refractivity contribution in [3.8, 4) is 44.9 Å². The Morgan fingerprint density at radius 3 is 1.06 bits per heavy atom. The van der Waals surface area contributed by atoms with Gasteiger partial charge in [0.2, 0.25) is 0 Å². The van der Waals surface area contributed by atoms with Crippen molar-refractivity contribution in [1.82, 2.24) is 0 Å². The van der Waals surface area contributed by atoms with E-state index >= 15 is 0 Å². The second-order valence-electron chi connectivity index (χ2n) is 17.1. The topological polar surface area (TPSA) is 40.5 Å². The number of hydrogen-bond donors (Lipinski definition) is 2. The predicted molar refractivity (Wildman–Crippen MR) is 263 cm³/mol. The van der Waals surface area contributed by atoms with Gasteiger partial charge in [0.05, 0.1) is 5.41 Å². The molecule has 0 spiro atoms. The number of hydrogen-bond acceptors (Lipinski definition) is 2. The normalized spacial score (nSPS) is 13.0.